The van der Waals surface area contributed by atoms with E-state index in [2.05, 4.69) is 18.2 Å². The molecule has 0 saturated heterocycles. The second-order valence-electron chi connectivity index (χ2n) is 8.79. The zero-order valence-corrected chi connectivity index (χ0v) is 20.5. The van der Waals surface area contributed by atoms with E-state index in [4.69, 9.17) is 4.74 Å². The maximum absolute atomic E-state index is 12.3. The lowest BCUT2D eigenvalue weighted by molar-refractivity contribution is -0.384. The molecule has 0 atom stereocenters. The molecule has 2 heterocycles. The van der Waals surface area contributed by atoms with Crippen LogP contribution < -0.4 is 4.74 Å². The Balaban J connectivity index is 1.44. The molecule has 0 unspecified atom stereocenters. The highest BCUT2D eigenvalue weighted by atomic mass is 32.1. The van der Waals surface area contributed by atoms with Crippen LogP contribution in [0.4, 0.5) is 5.69 Å². The first-order valence-electron chi connectivity index (χ1n) is 11.6. The number of carboxylic acid groups (broad SMARTS) is 1. The van der Waals surface area contributed by atoms with Crippen molar-refractivity contribution in [1.29, 1.82) is 0 Å². The summed E-state index contributed by atoms with van der Waals surface area (Å²) in [5.74, 6) is -0.450. The van der Waals surface area contributed by atoms with E-state index in [0.717, 1.165) is 37.5 Å². The molecule has 4 aromatic carbocycles. The van der Waals surface area contributed by atoms with Crippen molar-refractivity contribution in [3.63, 3.8) is 0 Å². The predicted octanol–water partition coefficient (Wildman–Crippen LogP) is 7.49. The molecule has 7 nitrogen and oxygen atoms in total. The van der Waals surface area contributed by atoms with E-state index in [0.29, 0.717) is 11.4 Å². The van der Waals surface area contributed by atoms with E-state index in [-0.39, 0.29) is 18.0 Å². The summed E-state index contributed by atoms with van der Waals surface area (Å²) in [6.45, 7) is 2.26. The smallest absolute Gasteiger partial charge is 0.352 e. The van der Waals surface area contributed by atoms with Gasteiger partial charge in [0.05, 0.1) is 16.1 Å². The molecular formula is C29H20N2O5S. The summed E-state index contributed by atoms with van der Waals surface area (Å²) < 4.78 is 10.1. The Bertz CT molecular complexity index is 1850. The van der Waals surface area contributed by atoms with Crippen molar-refractivity contribution in [2.75, 3.05) is 0 Å². The predicted molar refractivity (Wildman–Crippen MR) is 145 cm³/mol. The van der Waals surface area contributed by atoms with Crippen molar-refractivity contribution < 1.29 is 19.6 Å². The summed E-state index contributed by atoms with van der Waals surface area (Å²) in [4.78, 5) is 22.7. The van der Waals surface area contributed by atoms with Crippen molar-refractivity contribution in [2.24, 2.45) is 0 Å². The van der Waals surface area contributed by atoms with Gasteiger partial charge in [-0.15, -0.1) is 11.3 Å². The molecule has 0 spiro atoms. The first-order chi connectivity index (χ1) is 17.9. The molecular weight excluding hydrogens is 488 g/mol. The fraction of sp³-hybridized carbons (Fsp3) is 0.0690. The number of nitrogens with zero attached hydrogens (tertiary/aromatic N) is 2. The quantitative estimate of drug-likeness (QED) is 0.186. The second kappa shape index (κ2) is 8.76. The van der Waals surface area contributed by atoms with Crippen LogP contribution in [0.2, 0.25) is 0 Å². The topological polar surface area (TPSA) is 94.6 Å². The Morgan fingerprint density at radius 2 is 1.76 bits per heavy atom. The third-order valence-corrected chi connectivity index (χ3v) is 7.85. The highest BCUT2D eigenvalue weighted by Gasteiger charge is 2.20. The van der Waals surface area contributed by atoms with Gasteiger partial charge in [0.2, 0.25) is 0 Å². The van der Waals surface area contributed by atoms with Crippen LogP contribution >= 0.6 is 11.3 Å². The van der Waals surface area contributed by atoms with Gasteiger partial charge in [-0.25, -0.2) is 4.79 Å². The molecule has 1 N–H and O–H groups in total. The van der Waals surface area contributed by atoms with Crippen LogP contribution in [0.15, 0.2) is 84.9 Å². The Hall–Kier alpha value is -4.69. The number of carboxylic acids is 1. The van der Waals surface area contributed by atoms with Gasteiger partial charge in [0.25, 0.3) is 5.69 Å². The highest BCUT2D eigenvalue weighted by Crippen LogP contribution is 2.41. The normalized spacial score (nSPS) is 11.4. The maximum Gasteiger partial charge on any atom is 0.352 e. The average molecular weight is 509 g/mol. The van der Waals surface area contributed by atoms with Crippen LogP contribution in [-0.2, 0) is 6.61 Å². The van der Waals surface area contributed by atoms with Gasteiger partial charge in [0.15, 0.2) is 0 Å². The van der Waals surface area contributed by atoms with Crippen molar-refractivity contribution in [2.45, 2.75) is 13.5 Å². The van der Waals surface area contributed by atoms with Crippen LogP contribution in [0.25, 0.3) is 36.8 Å². The molecule has 8 heteroatoms. The molecule has 0 saturated carbocycles. The fourth-order valence-electron chi connectivity index (χ4n) is 4.74. The minimum Gasteiger partial charge on any atom is -0.489 e. The van der Waals surface area contributed by atoms with Crippen molar-refractivity contribution in [1.82, 2.24) is 4.57 Å². The van der Waals surface area contributed by atoms with Crippen LogP contribution in [0, 0.1) is 17.0 Å². The Morgan fingerprint density at radius 3 is 2.51 bits per heavy atom. The van der Waals surface area contributed by atoms with Crippen molar-refractivity contribution >= 4 is 54.1 Å². The molecule has 0 aliphatic carbocycles. The second-order valence-corrected chi connectivity index (χ2v) is 9.84. The van der Waals surface area contributed by atoms with Gasteiger partial charge in [-0.05, 0) is 60.5 Å². The molecule has 37 heavy (non-hydrogen) atoms. The molecule has 182 valence electrons. The zero-order chi connectivity index (χ0) is 25.7. The molecule has 6 aromatic rings. The summed E-state index contributed by atoms with van der Waals surface area (Å²) >= 11 is 1.72. The van der Waals surface area contributed by atoms with E-state index in [1.165, 1.54) is 16.8 Å². The molecule has 0 amide bonds. The van der Waals surface area contributed by atoms with Crippen LogP contribution in [0.1, 0.15) is 21.6 Å². The van der Waals surface area contributed by atoms with Gasteiger partial charge in [-0.1, -0.05) is 24.3 Å². The van der Waals surface area contributed by atoms with E-state index < -0.39 is 10.9 Å². The van der Waals surface area contributed by atoms with Gasteiger partial charge in [-0.2, -0.15) is 0 Å². The summed E-state index contributed by atoms with van der Waals surface area (Å²) in [6, 6.07) is 25.5. The zero-order valence-electron chi connectivity index (χ0n) is 19.7. The van der Waals surface area contributed by atoms with Crippen molar-refractivity contribution in [3.05, 3.63) is 112 Å². The number of fused-ring (bicyclic) bond motifs is 4. The largest absolute Gasteiger partial charge is 0.489 e. The van der Waals surface area contributed by atoms with Gasteiger partial charge >= 0.3 is 5.97 Å². The molecule has 0 radical (unpaired) electrons. The van der Waals surface area contributed by atoms with E-state index in [1.54, 1.807) is 40.2 Å². The molecule has 0 fully saturated rings. The number of hydrogen-bond donors (Lipinski definition) is 1. The van der Waals surface area contributed by atoms with E-state index in [1.807, 2.05) is 37.3 Å². The monoisotopic (exact) mass is 508 g/mol. The molecule has 6 rings (SSSR count). The molecule has 0 aliphatic heterocycles. The Labute approximate surface area is 214 Å². The lowest BCUT2D eigenvalue weighted by atomic mass is 10.1. The number of benzene rings is 4. The number of carbonyl (C=O) groups is 1. The van der Waals surface area contributed by atoms with Gasteiger partial charge in [0.1, 0.15) is 18.1 Å². The number of thiophene rings is 1. The maximum atomic E-state index is 12.3. The van der Waals surface area contributed by atoms with Gasteiger partial charge in [-0.3, -0.25) is 10.1 Å². The van der Waals surface area contributed by atoms with E-state index >= 15 is 0 Å². The van der Waals surface area contributed by atoms with Crippen LogP contribution in [0.5, 0.6) is 5.75 Å². The SMILES string of the molecule is Cc1c2cc(C(=O)O)n(-c3cccc(OCc4ccc([N+](=O)[O-])cc4)c3)c2cc2c1sc1ccccc12. The van der Waals surface area contributed by atoms with Crippen LogP contribution in [-0.4, -0.2) is 20.6 Å². The average Bonchev–Trinajstić information content (AvgIpc) is 3.48. The number of hydrogen-bond acceptors (Lipinski definition) is 5. The number of rotatable bonds is 6. The minimum atomic E-state index is -1.01. The third kappa shape index (κ3) is 3.88. The summed E-state index contributed by atoms with van der Waals surface area (Å²) in [5, 5.41) is 24.1. The van der Waals surface area contributed by atoms with Gasteiger partial charge < -0.3 is 14.4 Å². The number of aryl methyl sites for hydroxylation is 1. The third-order valence-electron chi connectivity index (χ3n) is 6.55. The number of non-ortho nitro benzene ring substituents is 1. The molecule has 2 aromatic heterocycles. The standard InChI is InChI=1S/C29H20N2O5S/c1-17-23-14-26(29(32)33)30(25(23)15-24-22-7-2-3-8-27(22)37-28(17)24)20-5-4-6-21(13-20)36-16-18-9-11-19(12-10-18)31(34)35/h2-15H,16H2,1H3,(H,32,33). The summed E-state index contributed by atoms with van der Waals surface area (Å²) in [5.41, 5.74) is 3.53. The van der Waals surface area contributed by atoms with Crippen molar-refractivity contribution in [3.8, 4) is 11.4 Å². The first kappa shape index (κ1) is 22.8. The first-order valence-corrected chi connectivity index (χ1v) is 12.4. The Morgan fingerprint density at radius 1 is 0.973 bits per heavy atom. The molecule has 0 aliphatic rings. The number of aromatic nitrogens is 1. The highest BCUT2D eigenvalue weighted by molar-refractivity contribution is 7.26. The molecule has 0 bridgehead atoms. The summed E-state index contributed by atoms with van der Waals surface area (Å²) in [7, 11) is 0. The Kier molecular flexibility index (Phi) is 5.39. The lowest BCUT2D eigenvalue weighted by Gasteiger charge is -2.12. The van der Waals surface area contributed by atoms with E-state index in [9.17, 15) is 20.0 Å². The number of nitro groups is 1. The lowest BCUT2D eigenvalue weighted by Crippen LogP contribution is -2.06. The number of aromatic carboxylic acids is 1. The van der Waals surface area contributed by atoms with Gasteiger partial charge in [0, 0.05) is 43.8 Å². The fourth-order valence-corrected chi connectivity index (χ4v) is 5.94. The number of ether oxygens (including phenoxy) is 1. The number of nitro benzene ring substituents is 1. The van der Waals surface area contributed by atoms with Crippen LogP contribution in [0.3, 0.4) is 0 Å². The summed E-state index contributed by atoms with van der Waals surface area (Å²) in [6.07, 6.45) is 0. The minimum absolute atomic E-state index is 0.0224.